The number of ether oxygens (including phenoxy) is 1. The highest BCUT2D eigenvalue weighted by molar-refractivity contribution is 6.31. The third-order valence-electron chi connectivity index (χ3n) is 6.08. The summed E-state index contributed by atoms with van der Waals surface area (Å²) in [5, 5.41) is 7.78. The number of amides is 2. The molecule has 1 aliphatic rings. The Kier molecular flexibility index (Phi) is 6.02. The number of benzene rings is 2. The van der Waals surface area contributed by atoms with Crippen molar-refractivity contribution in [3.8, 4) is 11.4 Å². The number of carbonyl (C=O) groups is 1. The number of hydrogen-bond acceptors (Lipinski definition) is 4. The number of rotatable bonds is 6. The molecule has 1 atom stereocenters. The first-order valence-electron chi connectivity index (χ1n) is 11.1. The normalized spacial score (nSPS) is 14.4. The fourth-order valence-electron chi connectivity index (χ4n) is 4.39. The van der Waals surface area contributed by atoms with Crippen molar-refractivity contribution >= 4 is 28.5 Å². The quantitative estimate of drug-likeness (QED) is 0.391. The van der Waals surface area contributed by atoms with Crippen molar-refractivity contribution in [3.05, 3.63) is 82.3 Å². The number of fused-ring (bicyclic) bond motifs is 1. The molecule has 0 bridgehead atoms. The van der Waals surface area contributed by atoms with Gasteiger partial charge in [0.1, 0.15) is 23.7 Å². The molecule has 2 amide bonds. The predicted octanol–water partition coefficient (Wildman–Crippen LogP) is 5.33. The largest absolute Gasteiger partial charge is 0.487 e. The van der Waals surface area contributed by atoms with Gasteiger partial charge in [-0.2, -0.15) is 5.10 Å². The first kappa shape index (κ1) is 23.0. The maximum Gasteiger partial charge on any atom is 0.318 e. The molecular formula is C25H22ClF2N5O2. The van der Waals surface area contributed by atoms with Crippen molar-refractivity contribution in [2.75, 3.05) is 13.1 Å². The summed E-state index contributed by atoms with van der Waals surface area (Å²) in [5.41, 5.74) is 3.10. The van der Waals surface area contributed by atoms with Crippen LogP contribution in [0.1, 0.15) is 29.8 Å². The monoisotopic (exact) mass is 497 g/mol. The number of nitrogens with zero attached hydrogens (tertiary/aromatic N) is 4. The van der Waals surface area contributed by atoms with E-state index >= 15 is 0 Å². The van der Waals surface area contributed by atoms with Gasteiger partial charge in [0.15, 0.2) is 5.82 Å². The Labute approximate surface area is 205 Å². The third kappa shape index (κ3) is 4.39. The lowest BCUT2D eigenvalue weighted by Crippen LogP contribution is -2.31. The zero-order chi connectivity index (χ0) is 24.7. The van der Waals surface area contributed by atoms with Gasteiger partial charge in [0.2, 0.25) is 0 Å². The number of hydrogen-bond donors (Lipinski definition) is 1. The summed E-state index contributed by atoms with van der Waals surface area (Å²) in [6.07, 6.45) is 2.43. The van der Waals surface area contributed by atoms with E-state index < -0.39 is 17.7 Å². The lowest BCUT2D eigenvalue weighted by Gasteiger charge is -2.26. The molecule has 1 aliphatic heterocycles. The van der Waals surface area contributed by atoms with Crippen molar-refractivity contribution in [3.63, 3.8) is 0 Å². The predicted molar refractivity (Wildman–Crippen MR) is 128 cm³/mol. The first-order valence-corrected chi connectivity index (χ1v) is 11.5. The molecule has 2 aromatic carbocycles. The Morgan fingerprint density at radius 2 is 2.06 bits per heavy atom. The van der Waals surface area contributed by atoms with E-state index in [-0.39, 0.29) is 17.7 Å². The maximum atomic E-state index is 14.3. The molecule has 2 aromatic heterocycles. The Balaban J connectivity index is 1.52. The number of pyridine rings is 1. The van der Waals surface area contributed by atoms with Crippen LogP contribution in [0.2, 0.25) is 5.02 Å². The van der Waals surface area contributed by atoms with E-state index in [1.54, 1.807) is 11.0 Å². The zero-order valence-electron chi connectivity index (χ0n) is 19.1. The second-order valence-corrected chi connectivity index (χ2v) is 8.79. The van der Waals surface area contributed by atoms with Crippen LogP contribution >= 0.6 is 11.6 Å². The molecule has 1 fully saturated rings. The van der Waals surface area contributed by atoms with Crippen LogP contribution in [0.5, 0.6) is 5.75 Å². The van der Waals surface area contributed by atoms with E-state index in [0.29, 0.717) is 46.9 Å². The molecule has 1 N–H and O–H groups in total. The van der Waals surface area contributed by atoms with Crippen LogP contribution in [0, 0.1) is 18.6 Å². The minimum absolute atomic E-state index is 0.0364. The van der Waals surface area contributed by atoms with Gasteiger partial charge >= 0.3 is 6.03 Å². The molecule has 0 saturated carbocycles. The van der Waals surface area contributed by atoms with Gasteiger partial charge in [-0.1, -0.05) is 23.7 Å². The molecule has 4 aromatic rings. The molecule has 3 heterocycles. The summed E-state index contributed by atoms with van der Waals surface area (Å²) >= 11 is 6.44. The van der Waals surface area contributed by atoms with Crippen molar-refractivity contribution in [1.82, 2.24) is 25.0 Å². The van der Waals surface area contributed by atoms with Gasteiger partial charge in [0, 0.05) is 29.7 Å². The molecule has 7 nitrogen and oxygen atoms in total. The van der Waals surface area contributed by atoms with Crippen LogP contribution in [0.4, 0.5) is 13.6 Å². The van der Waals surface area contributed by atoms with Crippen LogP contribution in [0.15, 0.2) is 48.8 Å². The summed E-state index contributed by atoms with van der Waals surface area (Å²) in [6.45, 7) is 4.74. The van der Waals surface area contributed by atoms with Crippen LogP contribution < -0.4 is 10.1 Å². The van der Waals surface area contributed by atoms with Gasteiger partial charge in [0.05, 0.1) is 29.1 Å². The van der Waals surface area contributed by atoms with Crippen LogP contribution in [-0.4, -0.2) is 38.8 Å². The fourth-order valence-corrected chi connectivity index (χ4v) is 4.66. The average Bonchev–Trinajstić information content (AvgIpc) is 3.45. The second-order valence-electron chi connectivity index (χ2n) is 8.38. The molecule has 0 radical (unpaired) electrons. The average molecular weight is 498 g/mol. The summed E-state index contributed by atoms with van der Waals surface area (Å²) in [6, 6.07) is 9.26. The van der Waals surface area contributed by atoms with Crippen molar-refractivity contribution in [1.29, 1.82) is 0 Å². The molecule has 180 valence electrons. The number of halogens is 3. The molecule has 5 rings (SSSR count). The van der Waals surface area contributed by atoms with Crippen LogP contribution in [0.3, 0.4) is 0 Å². The first-order chi connectivity index (χ1) is 16.8. The summed E-state index contributed by atoms with van der Waals surface area (Å²) < 4.78 is 35.5. The van der Waals surface area contributed by atoms with E-state index in [1.807, 2.05) is 32.0 Å². The number of para-hydroxylation sites is 1. The number of urea groups is 1. The maximum absolute atomic E-state index is 14.3. The summed E-state index contributed by atoms with van der Waals surface area (Å²) in [7, 11) is 0. The lowest BCUT2D eigenvalue weighted by molar-refractivity contribution is 0.201. The van der Waals surface area contributed by atoms with Crippen LogP contribution in [0.25, 0.3) is 16.6 Å². The molecule has 1 saturated heterocycles. The van der Waals surface area contributed by atoms with E-state index in [4.69, 9.17) is 16.3 Å². The van der Waals surface area contributed by atoms with Crippen LogP contribution in [-0.2, 0) is 6.61 Å². The van der Waals surface area contributed by atoms with Gasteiger partial charge in [-0.3, -0.25) is 0 Å². The molecule has 0 aliphatic carbocycles. The molecule has 0 spiro atoms. The molecule has 0 unspecified atom stereocenters. The zero-order valence-corrected chi connectivity index (χ0v) is 19.8. The Morgan fingerprint density at radius 1 is 1.23 bits per heavy atom. The highest BCUT2D eigenvalue weighted by atomic mass is 35.5. The highest BCUT2D eigenvalue weighted by Crippen LogP contribution is 2.34. The van der Waals surface area contributed by atoms with Gasteiger partial charge < -0.3 is 15.0 Å². The van der Waals surface area contributed by atoms with E-state index in [2.05, 4.69) is 15.4 Å². The summed E-state index contributed by atoms with van der Waals surface area (Å²) in [4.78, 5) is 18.5. The molecular weight excluding hydrogens is 476 g/mol. The van der Waals surface area contributed by atoms with E-state index in [9.17, 15) is 13.6 Å². The number of nitrogens with one attached hydrogen (secondary N) is 1. The minimum atomic E-state index is -0.487. The standard InChI is InChI=1S/C25H22ClF2N5O2/c1-14-8-22(33-12-17(28)11-30-33)18-4-3-5-23(24(18)31-14)35-13-20-19(9-16(27)10-21(20)26)15(2)32-7-6-29-25(32)34/h3-5,8-12,15H,6-7,13H2,1-2H3,(H,29,34)/t15-/m0/s1. The van der Waals surface area contributed by atoms with Gasteiger partial charge in [-0.25, -0.2) is 23.2 Å². The fraction of sp³-hybridized carbons (Fsp3) is 0.240. The minimum Gasteiger partial charge on any atom is -0.487 e. The van der Waals surface area contributed by atoms with Crippen molar-refractivity contribution in [2.45, 2.75) is 26.5 Å². The van der Waals surface area contributed by atoms with E-state index in [0.717, 1.165) is 11.6 Å². The number of aryl methyl sites for hydroxylation is 1. The second kappa shape index (κ2) is 9.14. The SMILES string of the molecule is Cc1cc(-n2cc(F)cn2)c2cccc(OCc3c(Cl)cc(F)cc3[C@H](C)N3CCNC3=O)c2n1. The lowest BCUT2D eigenvalue weighted by atomic mass is 10.0. The number of carbonyl (C=O) groups excluding carboxylic acids is 1. The Hall–Kier alpha value is -3.72. The van der Waals surface area contributed by atoms with Gasteiger partial charge in [-0.05, 0) is 43.7 Å². The molecule has 10 heteroatoms. The molecule has 35 heavy (non-hydrogen) atoms. The van der Waals surface area contributed by atoms with Crippen molar-refractivity contribution < 1.29 is 18.3 Å². The third-order valence-corrected chi connectivity index (χ3v) is 6.42. The van der Waals surface area contributed by atoms with Crippen molar-refractivity contribution in [2.24, 2.45) is 0 Å². The topological polar surface area (TPSA) is 72.3 Å². The number of aromatic nitrogens is 3. The Morgan fingerprint density at radius 3 is 2.77 bits per heavy atom. The highest BCUT2D eigenvalue weighted by Gasteiger charge is 2.28. The smallest absolute Gasteiger partial charge is 0.318 e. The Bertz CT molecular complexity index is 1440. The van der Waals surface area contributed by atoms with E-state index in [1.165, 1.54) is 23.0 Å². The van der Waals surface area contributed by atoms with Gasteiger partial charge in [0.25, 0.3) is 0 Å². The summed E-state index contributed by atoms with van der Waals surface area (Å²) in [5.74, 6) is -0.448. The van der Waals surface area contributed by atoms with Gasteiger partial charge in [-0.15, -0.1) is 0 Å².